The molecule has 0 aromatic heterocycles. The van der Waals surface area contributed by atoms with Crippen molar-refractivity contribution >= 4 is 11.8 Å². The van der Waals surface area contributed by atoms with Gasteiger partial charge in [0.2, 0.25) is 11.8 Å². The Morgan fingerprint density at radius 3 is 2.48 bits per heavy atom. The van der Waals surface area contributed by atoms with Crippen LogP contribution in [0, 0.1) is 5.92 Å². The number of benzene rings is 1. The maximum atomic E-state index is 12.5. The summed E-state index contributed by atoms with van der Waals surface area (Å²) in [4.78, 5) is 27.5. The number of amides is 2. The third-order valence-corrected chi connectivity index (χ3v) is 4.67. The number of methoxy groups -OCH3 is 2. The van der Waals surface area contributed by atoms with E-state index in [0.29, 0.717) is 24.6 Å². The Morgan fingerprint density at radius 2 is 1.92 bits per heavy atom. The molecule has 1 saturated heterocycles. The van der Waals surface area contributed by atoms with Gasteiger partial charge in [-0.3, -0.25) is 14.5 Å². The van der Waals surface area contributed by atoms with Gasteiger partial charge in [0, 0.05) is 25.1 Å². The standard InChI is InChI=1S/C18H27N3O4/c1-20(11-14-5-4-6-15(24-2)17(14)25-3)16(22)12-21-9-7-13(8-10-21)18(19)23/h4-6,13H,7-12H2,1-3H3,(H2,19,23). The number of carbonyl (C=O) groups is 2. The maximum Gasteiger partial charge on any atom is 0.236 e. The van der Waals surface area contributed by atoms with Crippen molar-refractivity contribution in [2.75, 3.05) is 40.9 Å². The molecule has 1 aromatic carbocycles. The SMILES string of the molecule is COc1cccc(CN(C)C(=O)CN2CCC(C(N)=O)CC2)c1OC. The van der Waals surface area contributed by atoms with E-state index in [2.05, 4.69) is 4.90 Å². The molecule has 0 spiro atoms. The molecule has 0 atom stereocenters. The molecule has 0 saturated carbocycles. The maximum absolute atomic E-state index is 12.5. The highest BCUT2D eigenvalue weighted by molar-refractivity contribution is 5.78. The van der Waals surface area contributed by atoms with Gasteiger partial charge in [0.25, 0.3) is 0 Å². The molecule has 1 aliphatic rings. The van der Waals surface area contributed by atoms with Gasteiger partial charge in [-0.1, -0.05) is 12.1 Å². The normalized spacial score (nSPS) is 15.6. The van der Waals surface area contributed by atoms with E-state index in [9.17, 15) is 9.59 Å². The second-order valence-electron chi connectivity index (χ2n) is 6.36. The lowest BCUT2D eigenvalue weighted by Gasteiger charge is -2.31. The lowest BCUT2D eigenvalue weighted by atomic mass is 9.96. The summed E-state index contributed by atoms with van der Waals surface area (Å²) in [5.74, 6) is 1.02. The van der Waals surface area contributed by atoms with Crippen molar-refractivity contribution in [3.05, 3.63) is 23.8 Å². The minimum absolute atomic E-state index is 0.0300. The number of likely N-dealkylation sites (tertiary alicyclic amines) is 1. The molecule has 0 unspecified atom stereocenters. The number of piperidine rings is 1. The van der Waals surface area contributed by atoms with Crippen LogP contribution in [0.2, 0.25) is 0 Å². The zero-order valence-corrected chi connectivity index (χ0v) is 15.2. The van der Waals surface area contributed by atoms with Crippen molar-refractivity contribution in [3.63, 3.8) is 0 Å². The number of rotatable bonds is 7. The van der Waals surface area contributed by atoms with Crippen LogP contribution >= 0.6 is 0 Å². The molecule has 0 aliphatic carbocycles. The molecule has 2 N–H and O–H groups in total. The van der Waals surface area contributed by atoms with E-state index in [1.54, 1.807) is 26.2 Å². The van der Waals surface area contributed by atoms with Crippen molar-refractivity contribution in [2.45, 2.75) is 19.4 Å². The van der Waals surface area contributed by atoms with Crippen LogP contribution in [-0.4, -0.2) is 62.5 Å². The third-order valence-electron chi connectivity index (χ3n) is 4.67. The molecule has 1 aliphatic heterocycles. The molecule has 1 aromatic rings. The van der Waals surface area contributed by atoms with Gasteiger partial charge in [-0.05, 0) is 32.0 Å². The first-order chi connectivity index (χ1) is 12.0. The topological polar surface area (TPSA) is 85.1 Å². The first-order valence-electron chi connectivity index (χ1n) is 8.41. The molecular formula is C18H27N3O4. The van der Waals surface area contributed by atoms with Crippen molar-refractivity contribution in [2.24, 2.45) is 11.7 Å². The smallest absolute Gasteiger partial charge is 0.236 e. The number of hydrogen-bond acceptors (Lipinski definition) is 5. The van der Waals surface area contributed by atoms with E-state index in [4.69, 9.17) is 15.2 Å². The summed E-state index contributed by atoms with van der Waals surface area (Å²) in [6.45, 7) is 2.22. The Balaban J connectivity index is 1.92. The number of likely N-dealkylation sites (N-methyl/N-ethyl adjacent to an activating group) is 1. The Hall–Kier alpha value is -2.28. The molecule has 7 nitrogen and oxygen atoms in total. The fourth-order valence-electron chi connectivity index (χ4n) is 3.11. The Morgan fingerprint density at radius 1 is 1.24 bits per heavy atom. The monoisotopic (exact) mass is 349 g/mol. The van der Waals surface area contributed by atoms with Crippen LogP contribution in [0.3, 0.4) is 0 Å². The molecule has 7 heteroatoms. The Bertz CT molecular complexity index is 612. The van der Waals surface area contributed by atoms with Crippen molar-refractivity contribution < 1.29 is 19.1 Å². The average molecular weight is 349 g/mol. The van der Waals surface area contributed by atoms with E-state index in [0.717, 1.165) is 31.5 Å². The Kier molecular flexibility index (Phi) is 6.64. The number of primary amides is 1. The van der Waals surface area contributed by atoms with Gasteiger partial charge in [-0.2, -0.15) is 0 Å². The van der Waals surface area contributed by atoms with Gasteiger partial charge in [0.1, 0.15) is 0 Å². The first kappa shape index (κ1) is 19.1. The number of hydrogen-bond donors (Lipinski definition) is 1. The molecule has 1 fully saturated rings. The predicted octanol–water partition coefficient (Wildman–Crippen LogP) is 0.860. The van der Waals surface area contributed by atoms with Gasteiger partial charge in [-0.15, -0.1) is 0 Å². The molecular weight excluding hydrogens is 322 g/mol. The molecule has 0 bridgehead atoms. The van der Waals surface area contributed by atoms with Crippen LogP contribution in [-0.2, 0) is 16.1 Å². The number of carbonyl (C=O) groups excluding carboxylic acids is 2. The summed E-state index contributed by atoms with van der Waals surface area (Å²) in [6, 6.07) is 5.63. The summed E-state index contributed by atoms with van der Waals surface area (Å²) < 4.78 is 10.7. The average Bonchev–Trinajstić information content (AvgIpc) is 2.61. The summed E-state index contributed by atoms with van der Waals surface area (Å²) in [7, 11) is 4.95. The van der Waals surface area contributed by atoms with Crippen LogP contribution in [0.5, 0.6) is 11.5 Å². The van der Waals surface area contributed by atoms with Gasteiger partial charge in [-0.25, -0.2) is 0 Å². The number of nitrogens with zero attached hydrogens (tertiary/aromatic N) is 2. The van der Waals surface area contributed by atoms with Crippen LogP contribution in [0.1, 0.15) is 18.4 Å². The van der Waals surface area contributed by atoms with Crippen LogP contribution in [0.25, 0.3) is 0 Å². The zero-order chi connectivity index (χ0) is 18.4. The predicted molar refractivity (Wildman–Crippen MR) is 94.4 cm³/mol. The lowest BCUT2D eigenvalue weighted by Crippen LogP contribution is -2.43. The largest absolute Gasteiger partial charge is 0.493 e. The number of nitrogens with two attached hydrogens (primary N) is 1. The molecule has 25 heavy (non-hydrogen) atoms. The van der Waals surface area contributed by atoms with E-state index in [1.807, 2.05) is 18.2 Å². The summed E-state index contributed by atoms with van der Waals surface area (Å²) in [5.41, 5.74) is 6.24. The van der Waals surface area contributed by atoms with Gasteiger partial charge in [0.15, 0.2) is 11.5 Å². The summed E-state index contributed by atoms with van der Waals surface area (Å²) >= 11 is 0. The fraction of sp³-hybridized carbons (Fsp3) is 0.556. The van der Waals surface area contributed by atoms with E-state index in [-0.39, 0.29) is 17.7 Å². The van der Waals surface area contributed by atoms with Gasteiger partial charge < -0.3 is 20.1 Å². The zero-order valence-electron chi connectivity index (χ0n) is 15.2. The van der Waals surface area contributed by atoms with Crippen LogP contribution in [0.15, 0.2) is 18.2 Å². The Labute approximate surface area is 148 Å². The van der Waals surface area contributed by atoms with Crippen LogP contribution in [0.4, 0.5) is 0 Å². The second kappa shape index (κ2) is 8.71. The minimum Gasteiger partial charge on any atom is -0.493 e. The van der Waals surface area contributed by atoms with Crippen molar-refractivity contribution in [1.82, 2.24) is 9.80 Å². The molecule has 2 rings (SSSR count). The van der Waals surface area contributed by atoms with Crippen molar-refractivity contribution in [1.29, 1.82) is 0 Å². The fourth-order valence-corrected chi connectivity index (χ4v) is 3.11. The second-order valence-corrected chi connectivity index (χ2v) is 6.36. The molecule has 0 radical (unpaired) electrons. The quantitative estimate of drug-likeness (QED) is 0.789. The lowest BCUT2D eigenvalue weighted by molar-refractivity contribution is -0.132. The van der Waals surface area contributed by atoms with E-state index < -0.39 is 0 Å². The van der Waals surface area contributed by atoms with E-state index >= 15 is 0 Å². The van der Waals surface area contributed by atoms with Gasteiger partial charge in [0.05, 0.1) is 20.8 Å². The third kappa shape index (κ3) is 4.85. The first-order valence-corrected chi connectivity index (χ1v) is 8.41. The van der Waals surface area contributed by atoms with Crippen molar-refractivity contribution in [3.8, 4) is 11.5 Å². The summed E-state index contributed by atoms with van der Waals surface area (Å²) in [5, 5.41) is 0. The molecule has 138 valence electrons. The summed E-state index contributed by atoms with van der Waals surface area (Å²) in [6.07, 6.45) is 1.44. The molecule has 1 heterocycles. The van der Waals surface area contributed by atoms with E-state index in [1.165, 1.54) is 0 Å². The van der Waals surface area contributed by atoms with Gasteiger partial charge >= 0.3 is 0 Å². The minimum atomic E-state index is -0.242. The molecule has 2 amide bonds. The number of ether oxygens (including phenoxy) is 2. The highest BCUT2D eigenvalue weighted by Crippen LogP contribution is 2.31. The van der Waals surface area contributed by atoms with Crippen LogP contribution < -0.4 is 15.2 Å². The number of para-hydroxylation sites is 1. The highest BCUT2D eigenvalue weighted by atomic mass is 16.5. The highest BCUT2D eigenvalue weighted by Gasteiger charge is 2.25.